The van der Waals surface area contributed by atoms with Gasteiger partial charge >= 0.3 is 6.18 Å². The van der Waals surface area contributed by atoms with E-state index in [1.807, 2.05) is 6.07 Å². The van der Waals surface area contributed by atoms with Gasteiger partial charge in [-0.1, -0.05) is 0 Å². The Balaban J connectivity index is 2.11. The van der Waals surface area contributed by atoms with Crippen molar-refractivity contribution in [3.05, 3.63) is 18.1 Å². The zero-order valence-corrected chi connectivity index (χ0v) is 9.48. The van der Waals surface area contributed by atoms with Crippen LogP contribution in [-0.4, -0.2) is 29.2 Å². The Morgan fingerprint density at radius 3 is 2.67 bits per heavy atom. The van der Waals surface area contributed by atoms with Gasteiger partial charge in [-0.05, 0) is 12.8 Å². The predicted octanol–water partition coefficient (Wildman–Crippen LogP) is 2.13. The number of aromatic nitrogens is 2. The van der Waals surface area contributed by atoms with E-state index in [0.717, 1.165) is 0 Å². The van der Waals surface area contributed by atoms with Gasteiger partial charge in [0.2, 0.25) is 0 Å². The molecule has 1 atom stereocenters. The zero-order valence-electron chi connectivity index (χ0n) is 9.48. The molecule has 0 radical (unpaired) electrons. The lowest BCUT2D eigenvalue weighted by Crippen LogP contribution is -2.42. The molecule has 0 aliphatic carbocycles. The van der Waals surface area contributed by atoms with Gasteiger partial charge < -0.3 is 4.90 Å². The van der Waals surface area contributed by atoms with E-state index in [9.17, 15) is 13.2 Å². The molecule has 0 aromatic carbocycles. The first-order valence-electron chi connectivity index (χ1n) is 5.54. The van der Waals surface area contributed by atoms with E-state index in [0.29, 0.717) is 18.8 Å². The summed E-state index contributed by atoms with van der Waals surface area (Å²) in [5.74, 6) is -0.924. The van der Waals surface area contributed by atoms with Crippen molar-refractivity contribution < 1.29 is 13.2 Å². The summed E-state index contributed by atoms with van der Waals surface area (Å²) in [6, 6.07) is 1.82. The van der Waals surface area contributed by atoms with Crippen molar-refractivity contribution in [1.29, 1.82) is 5.26 Å². The number of hydrogen-bond acceptors (Lipinski definition) is 4. The van der Waals surface area contributed by atoms with E-state index in [2.05, 4.69) is 9.97 Å². The fourth-order valence-corrected chi connectivity index (χ4v) is 1.99. The topological polar surface area (TPSA) is 52.8 Å². The third-order valence-electron chi connectivity index (χ3n) is 2.96. The first kappa shape index (κ1) is 12.6. The molecule has 18 heavy (non-hydrogen) atoms. The van der Waals surface area contributed by atoms with E-state index >= 15 is 0 Å². The number of rotatable bonds is 1. The first-order valence-corrected chi connectivity index (χ1v) is 5.54. The summed E-state index contributed by atoms with van der Waals surface area (Å²) in [5.41, 5.74) is 0.156. The van der Waals surface area contributed by atoms with Crippen molar-refractivity contribution in [2.45, 2.75) is 19.0 Å². The van der Waals surface area contributed by atoms with E-state index in [1.165, 1.54) is 12.4 Å². The molecule has 1 aromatic heterocycles. The van der Waals surface area contributed by atoms with Gasteiger partial charge in [0.15, 0.2) is 5.69 Å². The number of hydrogen-bond donors (Lipinski definition) is 0. The summed E-state index contributed by atoms with van der Waals surface area (Å²) < 4.78 is 37.9. The molecular formula is C11H11F3N4. The number of anilines is 1. The van der Waals surface area contributed by atoms with Gasteiger partial charge in [0.1, 0.15) is 11.9 Å². The van der Waals surface area contributed by atoms with Crippen LogP contribution in [0.2, 0.25) is 0 Å². The largest absolute Gasteiger partial charge is 0.393 e. The van der Waals surface area contributed by atoms with Crippen LogP contribution in [0, 0.1) is 17.2 Å². The predicted molar refractivity (Wildman–Crippen MR) is 57.7 cm³/mol. The zero-order chi connectivity index (χ0) is 13.2. The Bertz CT molecular complexity index is 449. The maximum absolute atomic E-state index is 12.6. The van der Waals surface area contributed by atoms with E-state index in [-0.39, 0.29) is 18.7 Å². The highest BCUT2D eigenvalue weighted by atomic mass is 19.4. The Hall–Kier alpha value is -1.84. The van der Waals surface area contributed by atoms with Crippen molar-refractivity contribution >= 4 is 5.82 Å². The van der Waals surface area contributed by atoms with Crippen LogP contribution in [0.1, 0.15) is 18.5 Å². The molecule has 2 rings (SSSR count). The minimum atomic E-state index is -4.17. The Morgan fingerprint density at radius 2 is 2.11 bits per heavy atom. The molecule has 1 saturated heterocycles. The molecular weight excluding hydrogens is 245 g/mol. The molecule has 0 saturated carbocycles. The maximum Gasteiger partial charge on any atom is 0.393 e. The molecule has 4 nitrogen and oxygen atoms in total. The van der Waals surface area contributed by atoms with E-state index in [1.54, 1.807) is 4.90 Å². The summed E-state index contributed by atoms with van der Waals surface area (Å²) >= 11 is 0. The Kier molecular flexibility index (Phi) is 3.36. The van der Waals surface area contributed by atoms with Gasteiger partial charge in [-0.25, -0.2) is 9.97 Å². The normalized spacial score (nSPS) is 20.6. The van der Waals surface area contributed by atoms with Crippen LogP contribution in [0.15, 0.2) is 12.4 Å². The number of piperidine rings is 1. The molecule has 2 heterocycles. The fourth-order valence-electron chi connectivity index (χ4n) is 1.99. The number of nitrogens with zero attached hydrogens (tertiary/aromatic N) is 4. The van der Waals surface area contributed by atoms with E-state index < -0.39 is 12.1 Å². The van der Waals surface area contributed by atoms with Crippen molar-refractivity contribution in [3.8, 4) is 6.07 Å². The summed E-state index contributed by atoms with van der Waals surface area (Å²) in [6.07, 6.45) is -0.919. The Labute approximate surface area is 102 Å². The summed E-state index contributed by atoms with van der Waals surface area (Å²) in [6.45, 7) is 0.442. The highest BCUT2D eigenvalue weighted by Crippen LogP contribution is 2.34. The van der Waals surface area contributed by atoms with Crippen molar-refractivity contribution in [2.75, 3.05) is 18.0 Å². The van der Waals surface area contributed by atoms with Crippen LogP contribution in [0.5, 0.6) is 0 Å². The average Bonchev–Trinajstić information content (AvgIpc) is 2.38. The molecule has 1 aromatic rings. The second-order valence-electron chi connectivity index (χ2n) is 4.20. The smallest absolute Gasteiger partial charge is 0.355 e. The molecule has 7 heteroatoms. The molecule has 0 amide bonds. The van der Waals surface area contributed by atoms with Gasteiger partial charge in [0, 0.05) is 13.1 Å². The molecule has 0 spiro atoms. The molecule has 1 fully saturated rings. The second-order valence-corrected chi connectivity index (χ2v) is 4.20. The third kappa shape index (κ3) is 2.70. The summed E-state index contributed by atoms with van der Waals surface area (Å²) in [5, 5.41) is 8.57. The lowest BCUT2D eigenvalue weighted by atomic mass is 9.97. The monoisotopic (exact) mass is 256 g/mol. The summed E-state index contributed by atoms with van der Waals surface area (Å²) in [4.78, 5) is 9.34. The standard InChI is InChI=1S/C11H11F3N4/c12-11(13,14)8-2-1-3-18(7-8)10-6-16-9(4-15)5-17-10/h5-6,8H,1-3,7H2. The highest BCUT2D eigenvalue weighted by molar-refractivity contribution is 5.37. The first-order chi connectivity index (χ1) is 8.50. The lowest BCUT2D eigenvalue weighted by Gasteiger charge is -2.34. The average molecular weight is 256 g/mol. The van der Waals surface area contributed by atoms with Crippen LogP contribution >= 0.6 is 0 Å². The van der Waals surface area contributed by atoms with Crippen molar-refractivity contribution in [1.82, 2.24) is 9.97 Å². The summed E-state index contributed by atoms with van der Waals surface area (Å²) in [7, 11) is 0. The fraction of sp³-hybridized carbons (Fsp3) is 0.545. The minimum absolute atomic E-state index is 0.0932. The molecule has 1 aliphatic rings. The van der Waals surface area contributed by atoms with Gasteiger partial charge in [0.05, 0.1) is 18.3 Å². The minimum Gasteiger partial charge on any atom is -0.355 e. The van der Waals surface area contributed by atoms with Crippen molar-refractivity contribution in [2.24, 2.45) is 5.92 Å². The molecule has 1 aliphatic heterocycles. The second kappa shape index (κ2) is 4.80. The molecule has 96 valence electrons. The van der Waals surface area contributed by atoms with E-state index in [4.69, 9.17) is 5.26 Å². The highest BCUT2D eigenvalue weighted by Gasteiger charge is 2.42. The van der Waals surface area contributed by atoms with Crippen LogP contribution in [-0.2, 0) is 0 Å². The van der Waals surface area contributed by atoms with Gasteiger partial charge in [0.25, 0.3) is 0 Å². The van der Waals surface area contributed by atoms with Gasteiger partial charge in [-0.3, -0.25) is 0 Å². The SMILES string of the molecule is N#Cc1cnc(N2CCCC(C(F)(F)F)C2)cn1. The molecule has 0 bridgehead atoms. The van der Waals surface area contributed by atoms with Gasteiger partial charge in [-0.2, -0.15) is 18.4 Å². The van der Waals surface area contributed by atoms with Crippen LogP contribution in [0.4, 0.5) is 19.0 Å². The number of halogens is 3. The maximum atomic E-state index is 12.6. The van der Waals surface area contributed by atoms with Crippen molar-refractivity contribution in [3.63, 3.8) is 0 Å². The quantitative estimate of drug-likeness (QED) is 0.772. The number of nitriles is 1. The lowest BCUT2D eigenvalue weighted by molar-refractivity contribution is -0.176. The number of alkyl halides is 3. The van der Waals surface area contributed by atoms with Crippen LogP contribution in [0.25, 0.3) is 0 Å². The van der Waals surface area contributed by atoms with Gasteiger partial charge in [-0.15, -0.1) is 0 Å². The van der Waals surface area contributed by atoms with Crippen LogP contribution in [0.3, 0.4) is 0 Å². The third-order valence-corrected chi connectivity index (χ3v) is 2.96. The molecule has 0 N–H and O–H groups in total. The molecule has 1 unspecified atom stereocenters. The van der Waals surface area contributed by atoms with Crippen LogP contribution < -0.4 is 4.90 Å². The Morgan fingerprint density at radius 1 is 1.33 bits per heavy atom.